The minimum absolute atomic E-state index is 0.0247. The summed E-state index contributed by atoms with van der Waals surface area (Å²) in [4.78, 5) is 7.71. The molecule has 2 nitrogen and oxygen atoms in total. The molecule has 80 valence electrons. The summed E-state index contributed by atoms with van der Waals surface area (Å²) in [7, 11) is 0. The van der Waals surface area contributed by atoms with Crippen molar-refractivity contribution in [1.82, 2.24) is 9.97 Å². The van der Waals surface area contributed by atoms with E-state index >= 15 is 0 Å². The first kappa shape index (κ1) is 11.5. The molecule has 1 rings (SSSR count). The fourth-order valence-corrected chi connectivity index (χ4v) is 0.836. The number of hydrogen-bond acceptors (Lipinski definition) is 2. The molecule has 0 amide bonds. The molecule has 0 N–H and O–H groups in total. The molecule has 0 spiro atoms. The molecule has 0 aromatic carbocycles. The van der Waals surface area contributed by atoms with Gasteiger partial charge in [-0.1, -0.05) is 13.8 Å². The van der Waals surface area contributed by atoms with Crippen molar-refractivity contribution in [1.29, 1.82) is 0 Å². The van der Waals surface area contributed by atoms with Crippen LogP contribution in [-0.2, 0) is 0 Å². The van der Waals surface area contributed by atoms with Crippen LogP contribution in [0.15, 0.2) is 12.4 Å². The highest BCUT2D eigenvalue weighted by molar-refractivity contribution is 5.27. The van der Waals surface area contributed by atoms with Crippen molar-refractivity contribution in [2.24, 2.45) is 0 Å². The summed E-state index contributed by atoms with van der Waals surface area (Å²) in [6.07, 6.45) is -1.81. The lowest BCUT2D eigenvalue weighted by Gasteiger charge is -2.01. The Morgan fingerprint density at radius 2 is 1.87 bits per heavy atom. The van der Waals surface area contributed by atoms with E-state index in [2.05, 4.69) is 9.97 Å². The molecule has 0 unspecified atom stereocenters. The summed E-state index contributed by atoms with van der Waals surface area (Å²) in [6, 6.07) is 0. The summed E-state index contributed by atoms with van der Waals surface area (Å²) < 4.78 is 35.2. The van der Waals surface area contributed by atoms with Gasteiger partial charge in [-0.15, -0.1) is 0 Å². The van der Waals surface area contributed by atoms with Gasteiger partial charge in [0.05, 0.1) is 18.1 Å². The molecule has 0 bridgehead atoms. The summed E-state index contributed by atoms with van der Waals surface area (Å²) in [6.45, 7) is 3.84. The Bertz CT molecular complexity index is 382. The summed E-state index contributed by atoms with van der Waals surface area (Å²) in [5.41, 5.74) is 0.754. The molecule has 0 atom stereocenters. The molecule has 0 radical (unpaired) electrons. The molecule has 0 aliphatic heterocycles. The van der Waals surface area contributed by atoms with Crippen LogP contribution in [0.25, 0.3) is 0 Å². The molecule has 0 saturated carbocycles. The third kappa shape index (κ3) is 3.98. The predicted molar refractivity (Wildman–Crippen MR) is 49.1 cm³/mol. The van der Waals surface area contributed by atoms with Crippen molar-refractivity contribution in [2.75, 3.05) is 0 Å². The van der Waals surface area contributed by atoms with Gasteiger partial charge in [-0.05, 0) is 11.8 Å². The van der Waals surface area contributed by atoms with Crippen molar-refractivity contribution in [3.05, 3.63) is 23.8 Å². The molecule has 1 aromatic heterocycles. The lowest BCUT2D eigenvalue weighted by atomic mass is 10.1. The maximum Gasteiger partial charge on any atom is 0.458 e. The van der Waals surface area contributed by atoms with Gasteiger partial charge in [-0.25, -0.2) is 4.98 Å². The van der Waals surface area contributed by atoms with Gasteiger partial charge >= 0.3 is 6.18 Å². The first-order valence-electron chi connectivity index (χ1n) is 4.30. The summed E-state index contributed by atoms with van der Waals surface area (Å²) in [5.74, 6) is 3.23. The SMILES string of the molecule is CC(C)c1cnc(C#CC(F)(F)F)cn1. The van der Waals surface area contributed by atoms with Crippen LogP contribution in [-0.4, -0.2) is 16.1 Å². The topological polar surface area (TPSA) is 25.8 Å². The van der Waals surface area contributed by atoms with E-state index < -0.39 is 6.18 Å². The maximum atomic E-state index is 11.7. The lowest BCUT2D eigenvalue weighted by molar-refractivity contribution is -0.0696. The second-order valence-electron chi connectivity index (χ2n) is 3.23. The van der Waals surface area contributed by atoms with Crippen LogP contribution in [0.4, 0.5) is 13.2 Å². The zero-order chi connectivity index (χ0) is 11.5. The van der Waals surface area contributed by atoms with E-state index in [-0.39, 0.29) is 11.6 Å². The van der Waals surface area contributed by atoms with E-state index in [0.29, 0.717) is 0 Å². The highest BCUT2D eigenvalue weighted by Gasteiger charge is 2.22. The highest BCUT2D eigenvalue weighted by atomic mass is 19.4. The van der Waals surface area contributed by atoms with Gasteiger partial charge < -0.3 is 0 Å². The molecular weight excluding hydrogens is 205 g/mol. The first-order valence-corrected chi connectivity index (χ1v) is 4.30. The fraction of sp³-hybridized carbons (Fsp3) is 0.400. The monoisotopic (exact) mass is 214 g/mol. The second-order valence-corrected chi connectivity index (χ2v) is 3.23. The highest BCUT2D eigenvalue weighted by Crippen LogP contribution is 2.12. The Kier molecular flexibility index (Phi) is 3.30. The van der Waals surface area contributed by atoms with E-state index in [9.17, 15) is 13.2 Å². The minimum atomic E-state index is -4.49. The van der Waals surface area contributed by atoms with Crippen LogP contribution < -0.4 is 0 Å². The molecule has 0 fully saturated rings. The number of rotatable bonds is 1. The molecule has 15 heavy (non-hydrogen) atoms. The lowest BCUT2D eigenvalue weighted by Crippen LogP contribution is -2.02. The van der Waals surface area contributed by atoms with Crippen LogP contribution in [0.5, 0.6) is 0 Å². The normalized spacial score (nSPS) is 11.1. The molecule has 1 heterocycles. The van der Waals surface area contributed by atoms with Gasteiger partial charge in [-0.3, -0.25) is 4.98 Å². The Morgan fingerprint density at radius 3 is 2.27 bits per heavy atom. The van der Waals surface area contributed by atoms with E-state index in [0.717, 1.165) is 11.6 Å². The molecule has 0 aliphatic rings. The third-order valence-electron chi connectivity index (χ3n) is 1.60. The van der Waals surface area contributed by atoms with Crippen LogP contribution >= 0.6 is 0 Å². The van der Waals surface area contributed by atoms with Gasteiger partial charge in [0.1, 0.15) is 5.69 Å². The van der Waals surface area contributed by atoms with E-state index in [1.165, 1.54) is 12.4 Å². The Morgan fingerprint density at radius 1 is 1.20 bits per heavy atom. The quantitative estimate of drug-likeness (QED) is 0.671. The number of alkyl halides is 3. The number of halogens is 3. The minimum Gasteiger partial charge on any atom is -0.256 e. The summed E-state index contributed by atoms with van der Waals surface area (Å²) >= 11 is 0. The number of aromatic nitrogens is 2. The van der Waals surface area contributed by atoms with Crippen molar-refractivity contribution < 1.29 is 13.2 Å². The largest absolute Gasteiger partial charge is 0.458 e. The van der Waals surface area contributed by atoms with Crippen molar-refractivity contribution >= 4 is 0 Å². The smallest absolute Gasteiger partial charge is 0.256 e. The van der Waals surface area contributed by atoms with Gasteiger partial charge in [0.2, 0.25) is 0 Å². The maximum absolute atomic E-state index is 11.7. The molecule has 0 aliphatic carbocycles. The Hall–Kier alpha value is -1.57. The zero-order valence-electron chi connectivity index (χ0n) is 8.26. The number of nitrogens with zero attached hydrogens (tertiary/aromatic N) is 2. The zero-order valence-corrected chi connectivity index (χ0v) is 8.26. The number of hydrogen-bond donors (Lipinski definition) is 0. The molecule has 0 saturated heterocycles. The fourth-order valence-electron chi connectivity index (χ4n) is 0.836. The van der Waals surface area contributed by atoms with E-state index in [4.69, 9.17) is 0 Å². The van der Waals surface area contributed by atoms with E-state index in [1.807, 2.05) is 19.8 Å². The predicted octanol–water partition coefficient (Wildman–Crippen LogP) is 2.51. The standard InChI is InChI=1S/C10H9F3N2/c1-7(2)9-6-14-8(5-15-9)3-4-10(11,12)13/h5-7H,1-2H3. The van der Waals surface area contributed by atoms with Gasteiger partial charge in [0.25, 0.3) is 0 Å². The van der Waals surface area contributed by atoms with Crippen molar-refractivity contribution in [3.8, 4) is 11.8 Å². The first-order chi connectivity index (χ1) is 6.88. The molecule has 5 heteroatoms. The third-order valence-corrected chi connectivity index (χ3v) is 1.60. The van der Waals surface area contributed by atoms with Gasteiger partial charge in [0.15, 0.2) is 0 Å². The Balaban J connectivity index is 2.85. The molecular formula is C10H9F3N2. The van der Waals surface area contributed by atoms with Crippen LogP contribution in [0, 0.1) is 11.8 Å². The second kappa shape index (κ2) is 4.30. The Labute approximate surface area is 85.6 Å². The van der Waals surface area contributed by atoms with E-state index in [1.54, 1.807) is 0 Å². The van der Waals surface area contributed by atoms with Crippen LogP contribution in [0.1, 0.15) is 31.2 Å². The van der Waals surface area contributed by atoms with Gasteiger partial charge in [-0.2, -0.15) is 13.2 Å². The van der Waals surface area contributed by atoms with Gasteiger partial charge in [0, 0.05) is 5.92 Å². The average molecular weight is 214 g/mol. The average Bonchev–Trinajstić information content (AvgIpc) is 2.14. The van der Waals surface area contributed by atoms with Crippen LogP contribution in [0.3, 0.4) is 0 Å². The molecule has 1 aromatic rings. The van der Waals surface area contributed by atoms with Crippen molar-refractivity contribution in [3.63, 3.8) is 0 Å². The summed E-state index contributed by atoms with van der Waals surface area (Å²) in [5, 5.41) is 0. The van der Waals surface area contributed by atoms with Crippen LogP contribution in [0.2, 0.25) is 0 Å². The van der Waals surface area contributed by atoms with Crippen molar-refractivity contribution in [2.45, 2.75) is 25.9 Å².